The molecule has 9 heteroatoms. The van der Waals surface area contributed by atoms with Gasteiger partial charge in [0.15, 0.2) is 23.3 Å². The Morgan fingerprint density at radius 1 is 0.950 bits per heavy atom. The predicted octanol–water partition coefficient (Wildman–Crippen LogP) is 3.76. The van der Waals surface area contributed by atoms with E-state index in [2.05, 4.69) is 4.98 Å². The lowest BCUT2D eigenvalue weighted by molar-refractivity contribution is -0.140. The Bertz CT molecular complexity index is 672. The van der Waals surface area contributed by atoms with E-state index in [4.69, 9.17) is 0 Å². The number of aryl methyl sites for hydroxylation is 1. The average Bonchev–Trinajstić information content (AvgIpc) is 2.75. The molecule has 1 heterocycles. The summed E-state index contributed by atoms with van der Waals surface area (Å²) in [6.07, 6.45) is -3.53. The van der Waals surface area contributed by atoms with Crippen LogP contribution in [0.2, 0.25) is 0 Å². The van der Waals surface area contributed by atoms with Gasteiger partial charge in [-0.3, -0.25) is 0 Å². The van der Waals surface area contributed by atoms with Crippen molar-refractivity contribution >= 4 is 0 Å². The Balaban J connectivity index is 2.96. The second-order valence-corrected chi connectivity index (χ2v) is 3.82. The standard InChI is InChI=1S/C11H5F7N2/c1-4-19-2-3-20(4)10-5(11(16,17)18)6(12)7(13)8(14)9(10)15/h2-3H,1H3. The third-order valence-corrected chi connectivity index (χ3v) is 2.59. The van der Waals surface area contributed by atoms with Gasteiger partial charge in [-0.15, -0.1) is 0 Å². The third kappa shape index (κ3) is 2.02. The van der Waals surface area contributed by atoms with Crippen LogP contribution in [0, 0.1) is 30.2 Å². The Morgan fingerprint density at radius 3 is 1.95 bits per heavy atom. The fourth-order valence-electron chi connectivity index (χ4n) is 1.72. The van der Waals surface area contributed by atoms with Gasteiger partial charge in [-0.05, 0) is 6.92 Å². The number of aromatic nitrogens is 2. The predicted molar refractivity (Wildman–Crippen MR) is 53.1 cm³/mol. The molecule has 0 fully saturated rings. The zero-order valence-electron chi connectivity index (χ0n) is 9.69. The van der Waals surface area contributed by atoms with Crippen molar-refractivity contribution in [1.82, 2.24) is 9.55 Å². The Labute approximate surface area is 107 Å². The molecule has 0 aliphatic carbocycles. The SMILES string of the molecule is Cc1nccn1-c1c(F)c(F)c(F)c(F)c1C(F)(F)F. The zero-order valence-corrected chi connectivity index (χ0v) is 9.69. The molecule has 0 amide bonds. The number of imidazole rings is 1. The van der Waals surface area contributed by atoms with Crippen molar-refractivity contribution in [3.8, 4) is 5.69 Å². The van der Waals surface area contributed by atoms with Crippen LogP contribution in [0.3, 0.4) is 0 Å². The van der Waals surface area contributed by atoms with Gasteiger partial charge in [0, 0.05) is 12.4 Å². The molecule has 0 atom stereocenters. The van der Waals surface area contributed by atoms with Gasteiger partial charge in [0.2, 0.25) is 0 Å². The average molecular weight is 298 g/mol. The largest absolute Gasteiger partial charge is 0.421 e. The minimum absolute atomic E-state index is 0.153. The van der Waals surface area contributed by atoms with Crippen molar-refractivity contribution in [3.63, 3.8) is 0 Å². The van der Waals surface area contributed by atoms with E-state index in [1.807, 2.05) is 0 Å². The highest BCUT2D eigenvalue weighted by atomic mass is 19.4. The highest BCUT2D eigenvalue weighted by Crippen LogP contribution is 2.39. The number of benzene rings is 1. The van der Waals surface area contributed by atoms with Crippen molar-refractivity contribution in [2.24, 2.45) is 0 Å². The van der Waals surface area contributed by atoms with Gasteiger partial charge in [-0.2, -0.15) is 13.2 Å². The van der Waals surface area contributed by atoms with Crippen molar-refractivity contribution in [3.05, 3.63) is 47.1 Å². The minimum Gasteiger partial charge on any atom is -0.300 e. The molecule has 0 aliphatic rings. The molecule has 0 aliphatic heterocycles. The molecule has 0 unspecified atom stereocenters. The molecule has 1 aromatic carbocycles. The van der Waals surface area contributed by atoms with Crippen LogP contribution in [0.5, 0.6) is 0 Å². The maximum atomic E-state index is 13.6. The fourth-order valence-corrected chi connectivity index (χ4v) is 1.72. The topological polar surface area (TPSA) is 17.8 Å². The number of hydrogen-bond donors (Lipinski definition) is 0. The van der Waals surface area contributed by atoms with Gasteiger partial charge >= 0.3 is 6.18 Å². The quantitative estimate of drug-likeness (QED) is 0.445. The van der Waals surface area contributed by atoms with E-state index in [1.165, 1.54) is 6.92 Å². The lowest BCUT2D eigenvalue weighted by atomic mass is 10.1. The summed E-state index contributed by atoms with van der Waals surface area (Å²) in [5.74, 6) is -9.63. The summed E-state index contributed by atoms with van der Waals surface area (Å²) in [4.78, 5) is 3.53. The van der Waals surface area contributed by atoms with E-state index in [0.29, 0.717) is 4.57 Å². The lowest BCUT2D eigenvalue weighted by Gasteiger charge is -2.17. The molecule has 2 aromatic rings. The number of hydrogen-bond acceptors (Lipinski definition) is 1. The van der Waals surface area contributed by atoms with E-state index in [1.54, 1.807) is 0 Å². The first-order valence-corrected chi connectivity index (χ1v) is 5.09. The van der Waals surface area contributed by atoms with Gasteiger partial charge in [0.05, 0.1) is 0 Å². The number of nitrogens with zero attached hydrogens (tertiary/aromatic N) is 2. The summed E-state index contributed by atoms with van der Waals surface area (Å²) >= 11 is 0. The molecule has 1 aromatic heterocycles. The summed E-state index contributed by atoms with van der Waals surface area (Å²) in [5, 5.41) is 0. The van der Waals surface area contributed by atoms with Crippen LogP contribution < -0.4 is 0 Å². The maximum Gasteiger partial charge on any atom is 0.421 e. The molecule has 0 saturated heterocycles. The molecular weight excluding hydrogens is 293 g/mol. The molecular formula is C11H5F7N2. The van der Waals surface area contributed by atoms with Crippen LogP contribution in [0.4, 0.5) is 30.7 Å². The monoisotopic (exact) mass is 298 g/mol. The molecule has 2 rings (SSSR count). The Hall–Kier alpha value is -2.06. The molecule has 0 saturated carbocycles. The molecule has 2 nitrogen and oxygen atoms in total. The van der Waals surface area contributed by atoms with Gasteiger partial charge in [-0.1, -0.05) is 0 Å². The smallest absolute Gasteiger partial charge is 0.300 e. The second kappa shape index (κ2) is 4.50. The van der Waals surface area contributed by atoms with Crippen LogP contribution in [0.25, 0.3) is 5.69 Å². The van der Waals surface area contributed by atoms with E-state index in [-0.39, 0.29) is 5.82 Å². The molecule has 0 bridgehead atoms. The van der Waals surface area contributed by atoms with E-state index in [0.717, 1.165) is 12.4 Å². The summed E-state index contributed by atoms with van der Waals surface area (Å²) in [5.41, 5.74) is -3.70. The maximum absolute atomic E-state index is 13.6. The van der Waals surface area contributed by atoms with E-state index in [9.17, 15) is 30.7 Å². The van der Waals surface area contributed by atoms with Gasteiger partial charge in [-0.25, -0.2) is 22.5 Å². The zero-order chi connectivity index (χ0) is 15.2. The second-order valence-electron chi connectivity index (χ2n) is 3.82. The molecule has 20 heavy (non-hydrogen) atoms. The highest BCUT2D eigenvalue weighted by Gasteiger charge is 2.42. The van der Waals surface area contributed by atoms with Crippen LogP contribution in [0.1, 0.15) is 11.4 Å². The lowest BCUT2D eigenvalue weighted by Crippen LogP contribution is -2.19. The molecule has 0 spiro atoms. The van der Waals surface area contributed by atoms with Gasteiger partial charge < -0.3 is 4.57 Å². The number of halogens is 7. The first-order chi connectivity index (χ1) is 9.16. The Morgan fingerprint density at radius 2 is 1.50 bits per heavy atom. The summed E-state index contributed by atoms with van der Waals surface area (Å²) in [6.45, 7) is 1.19. The van der Waals surface area contributed by atoms with Crippen molar-refractivity contribution in [1.29, 1.82) is 0 Å². The van der Waals surface area contributed by atoms with Crippen molar-refractivity contribution in [2.45, 2.75) is 13.1 Å². The van der Waals surface area contributed by atoms with Gasteiger partial charge in [0.1, 0.15) is 17.1 Å². The van der Waals surface area contributed by atoms with Crippen molar-refractivity contribution < 1.29 is 30.7 Å². The fraction of sp³-hybridized carbons (Fsp3) is 0.182. The van der Waals surface area contributed by atoms with Crippen molar-refractivity contribution in [2.75, 3.05) is 0 Å². The number of rotatable bonds is 1. The summed E-state index contributed by atoms with van der Waals surface area (Å²) < 4.78 is 92.1. The molecule has 108 valence electrons. The third-order valence-electron chi connectivity index (χ3n) is 2.59. The highest BCUT2D eigenvalue weighted by molar-refractivity contribution is 5.47. The summed E-state index contributed by atoms with van der Waals surface area (Å²) in [6, 6.07) is 0. The van der Waals surface area contributed by atoms with E-state index < -0.39 is 40.7 Å². The van der Waals surface area contributed by atoms with Crippen LogP contribution in [-0.2, 0) is 6.18 Å². The van der Waals surface area contributed by atoms with Gasteiger partial charge in [0.25, 0.3) is 0 Å². The molecule has 0 radical (unpaired) electrons. The van der Waals surface area contributed by atoms with Crippen LogP contribution in [-0.4, -0.2) is 9.55 Å². The first-order valence-electron chi connectivity index (χ1n) is 5.09. The normalized spacial score (nSPS) is 12.0. The van der Waals surface area contributed by atoms with Crippen LogP contribution in [0.15, 0.2) is 12.4 Å². The molecule has 0 N–H and O–H groups in total. The minimum atomic E-state index is -5.41. The van der Waals surface area contributed by atoms with E-state index >= 15 is 0 Å². The summed E-state index contributed by atoms with van der Waals surface area (Å²) in [7, 11) is 0. The first kappa shape index (κ1) is 14.4. The Kier molecular flexibility index (Phi) is 3.23. The van der Waals surface area contributed by atoms with Crippen LogP contribution >= 0.6 is 0 Å². The number of alkyl halides is 3.